The van der Waals surface area contributed by atoms with Gasteiger partial charge in [-0.05, 0) is 68.6 Å². The summed E-state index contributed by atoms with van der Waals surface area (Å²) in [4.78, 5) is 47.7. The molecule has 1 aliphatic heterocycles. The summed E-state index contributed by atoms with van der Waals surface area (Å²) in [5, 5.41) is 0. The van der Waals surface area contributed by atoms with Crippen LogP contribution in [-0.2, 0) is 4.74 Å². The van der Waals surface area contributed by atoms with E-state index < -0.39 is 11.8 Å². The lowest BCUT2D eigenvalue weighted by Gasteiger charge is -2.10. The Balaban J connectivity index is 0.000000952. The summed E-state index contributed by atoms with van der Waals surface area (Å²) in [6, 6.07) is 28.9. The summed E-state index contributed by atoms with van der Waals surface area (Å²) in [6.45, 7) is 3.96. The van der Waals surface area contributed by atoms with Crippen LogP contribution in [0.25, 0.3) is 0 Å². The van der Waals surface area contributed by atoms with Crippen LogP contribution in [0.15, 0.2) is 117 Å². The molecule has 0 atom stereocenters. The molecule has 0 aliphatic carbocycles. The number of nitrogens with one attached hydrogen (secondary N) is 2. The van der Waals surface area contributed by atoms with Crippen molar-refractivity contribution in [3.63, 3.8) is 0 Å². The Kier molecular flexibility index (Phi) is 10.4. The van der Waals surface area contributed by atoms with E-state index in [1.807, 2.05) is 55.5 Å². The third-order valence-corrected chi connectivity index (χ3v) is 7.21. The lowest BCUT2D eigenvalue weighted by atomic mass is 10.0. The lowest BCUT2D eigenvalue weighted by Crippen LogP contribution is -2.41. The van der Waals surface area contributed by atoms with Crippen LogP contribution >= 0.6 is 11.8 Å². The third-order valence-electron chi connectivity index (χ3n) is 6.07. The van der Waals surface area contributed by atoms with Crippen molar-refractivity contribution in [3.8, 4) is 0 Å². The van der Waals surface area contributed by atoms with Gasteiger partial charge in [0.1, 0.15) is 0 Å². The Bertz CT molecular complexity index is 1630. The van der Waals surface area contributed by atoms with Gasteiger partial charge in [-0.1, -0.05) is 60.3 Å². The highest BCUT2D eigenvalue weighted by atomic mass is 32.2. The summed E-state index contributed by atoms with van der Waals surface area (Å²) in [6.07, 6.45) is 1.75. The zero-order chi connectivity index (χ0) is 29.9. The highest BCUT2D eigenvalue weighted by Gasteiger charge is 2.20. The molecular formula is C33H30N4O4S. The predicted octanol–water partition coefficient (Wildman–Crippen LogP) is 6.28. The molecule has 5 rings (SSSR count). The Morgan fingerprint density at radius 1 is 0.810 bits per heavy atom. The molecule has 1 heterocycles. The van der Waals surface area contributed by atoms with Crippen LogP contribution in [0.1, 0.15) is 56.0 Å². The first kappa shape index (κ1) is 30.0. The zero-order valence-corrected chi connectivity index (χ0v) is 24.3. The summed E-state index contributed by atoms with van der Waals surface area (Å²) in [5.41, 5.74) is 9.27. The molecule has 2 N–H and O–H groups in total. The molecule has 2 amide bonds. The number of hydrazine groups is 1. The van der Waals surface area contributed by atoms with Gasteiger partial charge in [-0.3, -0.25) is 20.4 Å². The number of carbonyl (C=O) groups excluding carboxylic acids is 3. The first-order valence-electron chi connectivity index (χ1n) is 13.2. The Morgan fingerprint density at radius 3 is 2.10 bits per heavy atom. The topological polar surface area (TPSA) is 109 Å². The van der Waals surface area contributed by atoms with Crippen LogP contribution < -0.4 is 10.9 Å². The van der Waals surface area contributed by atoms with Gasteiger partial charge in [0.15, 0.2) is 0 Å². The normalized spacial score (nSPS) is 11.5. The lowest BCUT2D eigenvalue weighted by molar-refractivity contribution is 0.0526. The van der Waals surface area contributed by atoms with Crippen molar-refractivity contribution in [2.24, 2.45) is 9.98 Å². The third kappa shape index (κ3) is 7.38. The number of aliphatic imine (C=N–C) groups is 2. The first-order chi connectivity index (χ1) is 20.4. The number of hydrogen-bond acceptors (Lipinski definition) is 7. The van der Waals surface area contributed by atoms with Crippen molar-refractivity contribution in [2.75, 3.05) is 13.7 Å². The molecule has 0 bridgehead atoms. The Morgan fingerprint density at radius 2 is 1.43 bits per heavy atom. The molecule has 0 radical (unpaired) electrons. The molecule has 0 saturated carbocycles. The van der Waals surface area contributed by atoms with Crippen LogP contribution in [0.3, 0.4) is 0 Å². The quantitative estimate of drug-likeness (QED) is 0.145. The maximum absolute atomic E-state index is 12.9. The van der Waals surface area contributed by atoms with Crippen molar-refractivity contribution < 1.29 is 19.1 Å². The second-order valence-electron chi connectivity index (χ2n) is 8.83. The van der Waals surface area contributed by atoms with Gasteiger partial charge in [-0.2, -0.15) is 0 Å². The van der Waals surface area contributed by atoms with E-state index in [2.05, 4.69) is 15.8 Å². The summed E-state index contributed by atoms with van der Waals surface area (Å²) in [5.74, 6) is -1.25. The SMILES string of the molecule is CC=NC.CCOC(=O)c1ccc(C2=Nc3cc(C(=O)NNC(=O)c4ccccc4)ccc3Sc3ccccc32)cc1. The monoisotopic (exact) mass is 578 g/mol. The summed E-state index contributed by atoms with van der Waals surface area (Å²) >= 11 is 1.56. The van der Waals surface area contributed by atoms with Crippen LogP contribution in [-0.4, -0.2) is 43.4 Å². The van der Waals surface area contributed by atoms with Crippen molar-refractivity contribution in [3.05, 3.63) is 125 Å². The van der Waals surface area contributed by atoms with Crippen molar-refractivity contribution in [1.82, 2.24) is 10.9 Å². The van der Waals surface area contributed by atoms with E-state index >= 15 is 0 Å². The molecule has 9 heteroatoms. The molecule has 4 aromatic carbocycles. The van der Waals surface area contributed by atoms with Crippen LogP contribution in [0.4, 0.5) is 5.69 Å². The smallest absolute Gasteiger partial charge is 0.338 e. The molecule has 8 nitrogen and oxygen atoms in total. The largest absolute Gasteiger partial charge is 0.462 e. The highest BCUT2D eigenvalue weighted by Crippen LogP contribution is 2.41. The summed E-state index contributed by atoms with van der Waals surface area (Å²) in [7, 11) is 1.75. The zero-order valence-electron chi connectivity index (χ0n) is 23.5. The minimum absolute atomic E-state index is 0.306. The number of nitrogens with zero attached hydrogens (tertiary/aromatic N) is 2. The van der Waals surface area contributed by atoms with Gasteiger partial charge in [-0.25, -0.2) is 9.79 Å². The van der Waals surface area contributed by atoms with Crippen LogP contribution in [0.5, 0.6) is 0 Å². The molecule has 0 spiro atoms. The predicted molar refractivity (Wildman–Crippen MR) is 166 cm³/mol. The molecule has 212 valence electrons. The van der Waals surface area contributed by atoms with Crippen molar-refractivity contribution in [2.45, 2.75) is 23.6 Å². The van der Waals surface area contributed by atoms with E-state index in [0.29, 0.717) is 29.0 Å². The van der Waals surface area contributed by atoms with Gasteiger partial charge in [0.05, 0.1) is 23.6 Å². The Hall–Kier alpha value is -5.02. The summed E-state index contributed by atoms with van der Waals surface area (Å²) < 4.78 is 5.09. The number of amides is 2. The molecule has 1 aliphatic rings. The van der Waals surface area contributed by atoms with Gasteiger partial charge >= 0.3 is 5.97 Å². The van der Waals surface area contributed by atoms with E-state index in [1.165, 1.54) is 0 Å². The second kappa shape index (κ2) is 14.6. The van der Waals surface area contributed by atoms with Gasteiger partial charge in [-0.15, -0.1) is 0 Å². The van der Waals surface area contributed by atoms with E-state index in [0.717, 1.165) is 26.6 Å². The average Bonchev–Trinajstić information content (AvgIpc) is 3.20. The first-order valence-corrected chi connectivity index (χ1v) is 14.1. The molecule has 0 fully saturated rings. The number of carbonyl (C=O) groups is 3. The number of rotatable bonds is 5. The highest BCUT2D eigenvalue weighted by molar-refractivity contribution is 7.99. The van der Waals surface area contributed by atoms with Crippen LogP contribution in [0, 0.1) is 0 Å². The van der Waals surface area contributed by atoms with Gasteiger partial charge in [0, 0.05) is 39.1 Å². The maximum atomic E-state index is 12.9. The number of hydrogen-bond donors (Lipinski definition) is 2. The number of esters is 1. The van der Waals surface area contributed by atoms with Crippen LogP contribution in [0.2, 0.25) is 0 Å². The minimum atomic E-state index is -0.459. The van der Waals surface area contributed by atoms with Gasteiger partial charge in [0.25, 0.3) is 11.8 Å². The second-order valence-corrected chi connectivity index (χ2v) is 9.91. The average molecular weight is 579 g/mol. The van der Waals surface area contributed by atoms with E-state index in [1.54, 1.807) is 80.5 Å². The van der Waals surface area contributed by atoms with E-state index in [4.69, 9.17) is 9.73 Å². The molecule has 42 heavy (non-hydrogen) atoms. The maximum Gasteiger partial charge on any atom is 0.338 e. The Labute approximate surface area is 248 Å². The van der Waals surface area contributed by atoms with Crippen molar-refractivity contribution >= 4 is 47.2 Å². The number of benzene rings is 4. The fourth-order valence-corrected chi connectivity index (χ4v) is 4.93. The van der Waals surface area contributed by atoms with Gasteiger partial charge in [0.2, 0.25) is 0 Å². The molecule has 0 unspecified atom stereocenters. The molecule has 0 aromatic heterocycles. The molecular weight excluding hydrogens is 548 g/mol. The van der Waals surface area contributed by atoms with E-state index in [9.17, 15) is 14.4 Å². The van der Waals surface area contributed by atoms with Gasteiger partial charge < -0.3 is 9.73 Å². The minimum Gasteiger partial charge on any atom is -0.462 e. The van der Waals surface area contributed by atoms with E-state index in [-0.39, 0.29) is 5.97 Å². The number of fused-ring (bicyclic) bond motifs is 2. The standard InChI is InChI=1S/C30H23N3O4S.C3H7N/c1-2-37-30(36)21-14-12-19(13-15-21)27-23-10-6-7-11-25(23)38-26-17-16-22(18-24(26)31-27)29(35)33-32-28(34)20-8-4-3-5-9-20;1-3-4-2/h3-18H,2H2,1H3,(H,32,34)(H,33,35);3H,1-2H3. The number of ether oxygens (including phenoxy) is 1. The molecule has 4 aromatic rings. The molecule has 0 saturated heterocycles. The van der Waals surface area contributed by atoms with Crippen molar-refractivity contribution in [1.29, 1.82) is 0 Å². The fourth-order valence-electron chi connectivity index (χ4n) is 3.93. The fraction of sp³-hybridized carbons (Fsp3) is 0.121.